The minimum atomic E-state index is -0.153. The molecule has 2 rings (SSSR count). The third-order valence-electron chi connectivity index (χ3n) is 4.87. The Labute approximate surface area is 127 Å². The Hall–Kier alpha value is -0.500. The van der Waals surface area contributed by atoms with E-state index in [1.54, 1.807) is 0 Å². The summed E-state index contributed by atoms with van der Waals surface area (Å²) in [5, 5.41) is 0.728. The molecule has 1 saturated carbocycles. The summed E-state index contributed by atoms with van der Waals surface area (Å²) in [6.07, 6.45) is 7.25. The van der Waals surface area contributed by atoms with Crippen molar-refractivity contribution in [1.29, 1.82) is 0 Å². The average molecular weight is 299 g/mol. The van der Waals surface area contributed by atoms with E-state index in [-0.39, 0.29) is 12.1 Å². The van der Waals surface area contributed by atoms with E-state index in [1.165, 1.54) is 12.8 Å². The number of ether oxygens (including phenoxy) is 1. The van der Waals surface area contributed by atoms with Crippen molar-refractivity contribution in [3.05, 3.63) is 10.6 Å². The molecule has 2 aliphatic rings. The molecule has 3 heteroatoms. The second-order valence-corrected chi connectivity index (χ2v) is 7.32. The molecule has 0 aliphatic heterocycles. The second-order valence-electron chi connectivity index (χ2n) is 6.86. The van der Waals surface area contributed by atoms with Gasteiger partial charge in [0.05, 0.1) is 5.57 Å². The number of allylic oxidation sites excluding steroid dienone is 1. The van der Waals surface area contributed by atoms with E-state index < -0.39 is 0 Å². The fourth-order valence-electron chi connectivity index (χ4n) is 3.54. The molecule has 2 aliphatic carbocycles. The number of carbonyl (C=O) groups excluding carboxylic acids is 1. The van der Waals surface area contributed by atoms with Crippen LogP contribution in [0.5, 0.6) is 0 Å². The summed E-state index contributed by atoms with van der Waals surface area (Å²) in [5.74, 6) is 1.56. The van der Waals surface area contributed by atoms with Crippen LogP contribution in [-0.2, 0) is 9.53 Å². The number of hydrogen-bond acceptors (Lipinski definition) is 2. The first-order valence-electron chi connectivity index (χ1n) is 8.07. The van der Waals surface area contributed by atoms with Gasteiger partial charge in [-0.3, -0.25) is 0 Å². The molecule has 0 unspecified atom stereocenters. The summed E-state index contributed by atoms with van der Waals surface area (Å²) in [6.45, 7) is 6.72. The van der Waals surface area contributed by atoms with Crippen molar-refractivity contribution in [3.8, 4) is 0 Å². The summed E-state index contributed by atoms with van der Waals surface area (Å²) < 4.78 is 5.86. The Morgan fingerprint density at radius 3 is 2.60 bits per heavy atom. The Bertz CT molecular complexity index is 386. The average Bonchev–Trinajstić information content (AvgIpc) is 2.38. The van der Waals surface area contributed by atoms with Crippen LogP contribution >= 0.6 is 11.6 Å². The molecule has 0 heterocycles. The highest BCUT2D eigenvalue weighted by Crippen LogP contribution is 2.36. The second kappa shape index (κ2) is 6.98. The summed E-state index contributed by atoms with van der Waals surface area (Å²) in [5.41, 5.74) is 0.735. The van der Waals surface area contributed by atoms with E-state index in [9.17, 15) is 4.79 Å². The molecule has 0 aromatic heterocycles. The van der Waals surface area contributed by atoms with Crippen LogP contribution in [-0.4, -0.2) is 12.1 Å². The smallest absolute Gasteiger partial charge is 0.335 e. The molecule has 0 N–H and O–H groups in total. The number of esters is 1. The Balaban J connectivity index is 2.04. The molecule has 1 fully saturated rings. The first-order valence-corrected chi connectivity index (χ1v) is 8.45. The van der Waals surface area contributed by atoms with Crippen molar-refractivity contribution in [2.75, 3.05) is 0 Å². The Morgan fingerprint density at radius 2 is 1.95 bits per heavy atom. The van der Waals surface area contributed by atoms with Gasteiger partial charge in [0.25, 0.3) is 0 Å². The van der Waals surface area contributed by atoms with Crippen molar-refractivity contribution in [2.24, 2.45) is 17.8 Å². The molecule has 0 aromatic carbocycles. The predicted octanol–water partition coefficient (Wildman–Crippen LogP) is 5.06. The molecule has 0 amide bonds. The third kappa shape index (κ3) is 3.78. The van der Waals surface area contributed by atoms with Gasteiger partial charge in [-0.05, 0) is 56.3 Å². The van der Waals surface area contributed by atoms with Crippen LogP contribution in [0, 0.1) is 17.8 Å². The van der Waals surface area contributed by atoms with Gasteiger partial charge < -0.3 is 4.74 Å². The fourth-order valence-corrected chi connectivity index (χ4v) is 3.85. The minimum absolute atomic E-state index is 0.0742. The zero-order valence-electron chi connectivity index (χ0n) is 13.0. The first-order chi connectivity index (χ1) is 9.49. The minimum Gasteiger partial charge on any atom is -0.459 e. The van der Waals surface area contributed by atoms with Crippen molar-refractivity contribution in [1.82, 2.24) is 0 Å². The van der Waals surface area contributed by atoms with Gasteiger partial charge in [0.2, 0.25) is 0 Å². The zero-order valence-corrected chi connectivity index (χ0v) is 13.7. The number of carbonyl (C=O) groups is 1. The summed E-state index contributed by atoms with van der Waals surface area (Å²) >= 11 is 6.20. The lowest BCUT2D eigenvalue weighted by Crippen LogP contribution is -2.36. The highest BCUT2D eigenvalue weighted by molar-refractivity contribution is 6.31. The standard InChI is InChI=1S/C17H27ClO2/c1-11(2)13-9-8-12(3)10-16(13)20-17(19)14-6-4-5-7-15(14)18/h11-13,16H,4-10H2,1-3H3/t12-,13+,16-/m1/s1. The molecule has 0 aromatic rings. The van der Waals surface area contributed by atoms with E-state index in [4.69, 9.17) is 16.3 Å². The molecule has 0 radical (unpaired) electrons. The van der Waals surface area contributed by atoms with Crippen LogP contribution in [0.25, 0.3) is 0 Å². The molecule has 3 atom stereocenters. The van der Waals surface area contributed by atoms with E-state index in [0.29, 0.717) is 17.8 Å². The van der Waals surface area contributed by atoms with Crippen molar-refractivity contribution >= 4 is 17.6 Å². The quantitative estimate of drug-likeness (QED) is 0.681. The lowest BCUT2D eigenvalue weighted by Gasteiger charge is -2.37. The van der Waals surface area contributed by atoms with Crippen LogP contribution in [0.15, 0.2) is 10.6 Å². The number of rotatable bonds is 3. The summed E-state index contributed by atoms with van der Waals surface area (Å²) in [6, 6.07) is 0. The van der Waals surface area contributed by atoms with Gasteiger partial charge in [0.1, 0.15) is 6.10 Å². The summed E-state index contributed by atoms with van der Waals surface area (Å²) in [7, 11) is 0. The maximum Gasteiger partial charge on any atom is 0.335 e. The Morgan fingerprint density at radius 1 is 1.25 bits per heavy atom. The van der Waals surface area contributed by atoms with E-state index in [1.807, 2.05) is 0 Å². The molecule has 0 saturated heterocycles. The molecule has 114 valence electrons. The topological polar surface area (TPSA) is 26.3 Å². The van der Waals surface area contributed by atoms with E-state index in [2.05, 4.69) is 20.8 Å². The predicted molar refractivity (Wildman–Crippen MR) is 82.6 cm³/mol. The SMILES string of the molecule is CC(C)[C@@H]1CC[C@@H](C)C[C@H]1OC(=O)C1=C(Cl)CCCC1. The molecule has 0 spiro atoms. The number of hydrogen-bond donors (Lipinski definition) is 0. The van der Waals surface area contributed by atoms with E-state index in [0.717, 1.165) is 42.7 Å². The molecule has 2 nitrogen and oxygen atoms in total. The van der Waals surface area contributed by atoms with Gasteiger partial charge in [-0.1, -0.05) is 38.8 Å². The zero-order chi connectivity index (χ0) is 14.7. The molecule has 20 heavy (non-hydrogen) atoms. The third-order valence-corrected chi connectivity index (χ3v) is 5.28. The largest absolute Gasteiger partial charge is 0.459 e. The normalized spacial score (nSPS) is 31.6. The van der Waals surface area contributed by atoms with Crippen LogP contribution in [0.3, 0.4) is 0 Å². The van der Waals surface area contributed by atoms with Gasteiger partial charge in [-0.15, -0.1) is 0 Å². The van der Waals surface area contributed by atoms with Gasteiger partial charge in [-0.25, -0.2) is 4.79 Å². The van der Waals surface area contributed by atoms with Crippen LogP contribution < -0.4 is 0 Å². The fraction of sp³-hybridized carbons (Fsp3) is 0.824. The number of halogens is 1. The van der Waals surface area contributed by atoms with Gasteiger partial charge in [-0.2, -0.15) is 0 Å². The maximum absolute atomic E-state index is 12.4. The maximum atomic E-state index is 12.4. The van der Waals surface area contributed by atoms with Gasteiger partial charge >= 0.3 is 5.97 Å². The van der Waals surface area contributed by atoms with Crippen LogP contribution in [0.2, 0.25) is 0 Å². The lowest BCUT2D eigenvalue weighted by molar-refractivity contribution is -0.151. The Kier molecular flexibility index (Phi) is 5.54. The van der Waals surface area contributed by atoms with E-state index >= 15 is 0 Å². The highest BCUT2D eigenvalue weighted by Gasteiger charge is 2.34. The summed E-state index contributed by atoms with van der Waals surface area (Å²) in [4.78, 5) is 12.4. The monoisotopic (exact) mass is 298 g/mol. The van der Waals surface area contributed by atoms with Crippen molar-refractivity contribution < 1.29 is 9.53 Å². The van der Waals surface area contributed by atoms with Crippen molar-refractivity contribution in [3.63, 3.8) is 0 Å². The van der Waals surface area contributed by atoms with Gasteiger partial charge in [0.15, 0.2) is 0 Å². The molecular weight excluding hydrogens is 272 g/mol. The van der Waals surface area contributed by atoms with Gasteiger partial charge in [0, 0.05) is 5.03 Å². The van der Waals surface area contributed by atoms with Crippen molar-refractivity contribution in [2.45, 2.75) is 71.8 Å². The first kappa shape index (κ1) is 15.9. The lowest BCUT2D eigenvalue weighted by atomic mass is 9.75. The van der Waals surface area contributed by atoms with Crippen LogP contribution in [0.1, 0.15) is 65.7 Å². The molecular formula is C17H27ClO2. The van der Waals surface area contributed by atoms with Crippen LogP contribution in [0.4, 0.5) is 0 Å². The molecule has 0 bridgehead atoms. The highest BCUT2D eigenvalue weighted by atomic mass is 35.5.